The first-order valence-corrected chi connectivity index (χ1v) is 8.34. The number of nitrogens with one attached hydrogen (secondary N) is 2. The lowest BCUT2D eigenvalue weighted by atomic mass is 9.98. The molecule has 1 heterocycles. The molecule has 1 atom stereocenters. The summed E-state index contributed by atoms with van der Waals surface area (Å²) in [5.41, 5.74) is 5.40. The zero-order valence-electron chi connectivity index (χ0n) is 12.9. The maximum Gasteiger partial charge on any atom is 0.267 e. The van der Waals surface area contributed by atoms with E-state index in [2.05, 4.69) is 10.0 Å². The van der Waals surface area contributed by atoms with Crippen LogP contribution in [0.2, 0.25) is 0 Å². The van der Waals surface area contributed by atoms with E-state index >= 15 is 0 Å². The monoisotopic (exact) mass is 350 g/mol. The number of halogens is 1. The lowest BCUT2D eigenvalue weighted by molar-refractivity contribution is 0.0955. The predicted octanol–water partition coefficient (Wildman–Crippen LogP) is 0.212. The van der Waals surface area contributed by atoms with E-state index in [1.807, 2.05) is 6.92 Å². The first-order valence-electron chi connectivity index (χ1n) is 6.86. The average Bonchev–Trinajstić information content (AvgIpc) is 3.21. The summed E-state index contributed by atoms with van der Waals surface area (Å²) in [7, 11) is -0.577. The van der Waals surface area contributed by atoms with Crippen LogP contribution in [0.5, 0.6) is 0 Å². The number of amides is 1. The molecule has 22 heavy (non-hydrogen) atoms. The van der Waals surface area contributed by atoms with Gasteiger partial charge < -0.3 is 15.6 Å². The zero-order chi connectivity index (χ0) is 15.8. The molecule has 0 saturated heterocycles. The average molecular weight is 351 g/mol. The highest BCUT2D eigenvalue weighted by Crippen LogP contribution is 2.39. The van der Waals surface area contributed by atoms with E-state index in [9.17, 15) is 13.2 Å². The molecule has 1 aromatic heterocycles. The van der Waals surface area contributed by atoms with Crippen molar-refractivity contribution in [2.45, 2.75) is 30.2 Å². The highest BCUT2D eigenvalue weighted by Gasteiger charge is 2.43. The van der Waals surface area contributed by atoms with Gasteiger partial charge in [-0.1, -0.05) is 0 Å². The van der Waals surface area contributed by atoms with Gasteiger partial charge in [0.15, 0.2) is 0 Å². The lowest BCUT2D eigenvalue weighted by Crippen LogP contribution is -2.52. The van der Waals surface area contributed by atoms with E-state index in [1.165, 1.54) is 23.9 Å². The van der Waals surface area contributed by atoms with Crippen LogP contribution >= 0.6 is 12.4 Å². The number of aromatic nitrogens is 1. The SMILES string of the molecule is CNC(=O)c1cc(S(=O)(=O)NC(C)(CN)C2CC2)cn1C.Cl. The van der Waals surface area contributed by atoms with Crippen molar-refractivity contribution in [2.24, 2.45) is 18.7 Å². The van der Waals surface area contributed by atoms with Gasteiger partial charge in [-0.05, 0) is 31.7 Å². The van der Waals surface area contributed by atoms with Crippen molar-refractivity contribution < 1.29 is 13.2 Å². The van der Waals surface area contributed by atoms with Gasteiger partial charge in [0.2, 0.25) is 10.0 Å². The van der Waals surface area contributed by atoms with Crippen molar-refractivity contribution in [3.63, 3.8) is 0 Å². The fourth-order valence-electron chi connectivity index (χ4n) is 2.41. The maximum absolute atomic E-state index is 12.5. The van der Waals surface area contributed by atoms with Gasteiger partial charge in [-0.15, -0.1) is 12.4 Å². The minimum atomic E-state index is -3.71. The Morgan fingerprint density at radius 3 is 2.55 bits per heavy atom. The Balaban J connectivity index is 0.00000242. The molecule has 126 valence electrons. The molecule has 1 saturated carbocycles. The van der Waals surface area contributed by atoms with Gasteiger partial charge in [0, 0.05) is 32.4 Å². The third-order valence-corrected chi connectivity index (χ3v) is 5.60. The van der Waals surface area contributed by atoms with Crippen molar-refractivity contribution in [1.82, 2.24) is 14.6 Å². The van der Waals surface area contributed by atoms with Crippen LogP contribution in [-0.4, -0.2) is 38.0 Å². The second-order valence-electron chi connectivity index (χ2n) is 5.75. The van der Waals surface area contributed by atoms with Gasteiger partial charge in [0.05, 0.1) is 0 Å². The summed E-state index contributed by atoms with van der Waals surface area (Å²) in [4.78, 5) is 11.7. The molecule has 4 N–H and O–H groups in total. The van der Waals surface area contributed by atoms with Crippen molar-refractivity contribution in [1.29, 1.82) is 0 Å². The molecule has 1 aliphatic rings. The standard InChI is InChI=1S/C13H22N4O3S.ClH/c1-13(8-14,9-4-5-9)16-21(19,20)10-6-11(12(18)15-2)17(3)7-10;/h6-7,9,16H,4-5,8,14H2,1-3H3,(H,15,18);1H. The van der Waals surface area contributed by atoms with Crippen molar-refractivity contribution in [3.05, 3.63) is 18.0 Å². The fourth-order valence-corrected chi connectivity index (χ4v) is 3.96. The van der Waals surface area contributed by atoms with E-state index in [0.29, 0.717) is 5.69 Å². The number of hydrogen-bond acceptors (Lipinski definition) is 4. The first-order chi connectivity index (χ1) is 9.73. The molecule has 1 fully saturated rings. The third-order valence-electron chi connectivity index (χ3n) is 4.02. The largest absolute Gasteiger partial charge is 0.354 e. The molecule has 7 nitrogen and oxygen atoms in total. The van der Waals surface area contributed by atoms with Crippen LogP contribution in [0.1, 0.15) is 30.3 Å². The Labute approximate surface area is 137 Å². The van der Waals surface area contributed by atoms with E-state index in [0.717, 1.165) is 12.8 Å². The molecule has 1 amide bonds. The quantitative estimate of drug-likeness (QED) is 0.682. The highest BCUT2D eigenvalue weighted by atomic mass is 35.5. The zero-order valence-corrected chi connectivity index (χ0v) is 14.6. The molecule has 1 aliphatic carbocycles. The van der Waals surface area contributed by atoms with Crippen LogP contribution in [0.4, 0.5) is 0 Å². The van der Waals surface area contributed by atoms with E-state index in [-0.39, 0.29) is 35.7 Å². The smallest absolute Gasteiger partial charge is 0.267 e. The fraction of sp³-hybridized carbons (Fsp3) is 0.615. The Morgan fingerprint density at radius 2 is 2.09 bits per heavy atom. The Kier molecular flexibility index (Phi) is 5.66. The molecular weight excluding hydrogens is 328 g/mol. The summed E-state index contributed by atoms with van der Waals surface area (Å²) in [6.07, 6.45) is 3.39. The van der Waals surface area contributed by atoms with Gasteiger partial charge in [-0.3, -0.25) is 4.79 Å². The molecule has 0 aliphatic heterocycles. The summed E-state index contributed by atoms with van der Waals surface area (Å²) >= 11 is 0. The summed E-state index contributed by atoms with van der Waals surface area (Å²) in [5.74, 6) is -0.0536. The highest BCUT2D eigenvalue weighted by molar-refractivity contribution is 7.89. The molecule has 1 aromatic rings. The molecule has 9 heteroatoms. The van der Waals surface area contributed by atoms with Gasteiger partial charge in [-0.2, -0.15) is 0 Å². The minimum absolute atomic E-state index is 0. The second-order valence-corrected chi connectivity index (χ2v) is 7.43. The molecule has 0 aromatic carbocycles. The normalized spacial score (nSPS) is 17.5. The number of aryl methyl sites for hydroxylation is 1. The predicted molar refractivity (Wildman–Crippen MR) is 86.6 cm³/mol. The van der Waals surface area contributed by atoms with Gasteiger partial charge in [-0.25, -0.2) is 13.1 Å². The maximum atomic E-state index is 12.5. The number of carbonyl (C=O) groups excluding carboxylic acids is 1. The van der Waals surface area contributed by atoms with Crippen molar-refractivity contribution >= 4 is 28.3 Å². The number of carbonyl (C=O) groups is 1. The minimum Gasteiger partial charge on any atom is -0.354 e. The van der Waals surface area contributed by atoms with Gasteiger partial charge >= 0.3 is 0 Å². The van der Waals surface area contributed by atoms with Gasteiger partial charge in [0.1, 0.15) is 10.6 Å². The molecule has 0 spiro atoms. The van der Waals surface area contributed by atoms with E-state index in [4.69, 9.17) is 5.73 Å². The number of nitrogens with zero attached hydrogens (tertiary/aromatic N) is 1. The van der Waals surface area contributed by atoms with Crippen LogP contribution in [0, 0.1) is 5.92 Å². The second kappa shape index (κ2) is 6.57. The number of hydrogen-bond donors (Lipinski definition) is 3. The molecule has 0 radical (unpaired) electrons. The topological polar surface area (TPSA) is 106 Å². The van der Waals surface area contributed by atoms with Crippen LogP contribution in [0.25, 0.3) is 0 Å². The first kappa shape index (κ1) is 19.0. The van der Waals surface area contributed by atoms with E-state index < -0.39 is 15.6 Å². The van der Waals surface area contributed by atoms with Crippen molar-refractivity contribution in [3.8, 4) is 0 Å². The number of nitrogens with two attached hydrogens (primary N) is 1. The number of rotatable bonds is 6. The number of sulfonamides is 1. The Hall–Kier alpha value is -1.09. The van der Waals surface area contributed by atoms with Crippen LogP contribution < -0.4 is 15.8 Å². The summed E-state index contributed by atoms with van der Waals surface area (Å²) in [6.45, 7) is 2.07. The molecule has 0 bridgehead atoms. The van der Waals surface area contributed by atoms with Crippen LogP contribution in [0.3, 0.4) is 0 Å². The summed E-state index contributed by atoms with van der Waals surface area (Å²) in [6, 6.07) is 1.37. The van der Waals surface area contributed by atoms with Crippen LogP contribution in [-0.2, 0) is 17.1 Å². The van der Waals surface area contributed by atoms with Crippen LogP contribution in [0.15, 0.2) is 17.2 Å². The molecular formula is C13H23ClN4O3S. The summed E-state index contributed by atoms with van der Waals surface area (Å²) < 4.78 is 29.2. The third kappa shape index (κ3) is 3.62. The van der Waals surface area contributed by atoms with Crippen molar-refractivity contribution in [2.75, 3.05) is 13.6 Å². The molecule has 2 rings (SSSR count). The Bertz CT molecular complexity index is 654. The summed E-state index contributed by atoms with van der Waals surface area (Å²) in [5, 5.41) is 2.48. The van der Waals surface area contributed by atoms with E-state index in [1.54, 1.807) is 7.05 Å². The molecule has 1 unspecified atom stereocenters. The van der Waals surface area contributed by atoms with Gasteiger partial charge in [0.25, 0.3) is 5.91 Å². The lowest BCUT2D eigenvalue weighted by Gasteiger charge is -2.28. The Morgan fingerprint density at radius 1 is 1.50 bits per heavy atom.